The number of hydrogen-bond donors (Lipinski definition) is 2. The third-order valence-corrected chi connectivity index (χ3v) is 6.94. The van der Waals surface area contributed by atoms with E-state index in [2.05, 4.69) is 4.98 Å². The highest BCUT2D eigenvalue weighted by Gasteiger charge is 2.34. The molecule has 1 heterocycles. The van der Waals surface area contributed by atoms with Gasteiger partial charge in [0.05, 0.1) is 23.9 Å². The van der Waals surface area contributed by atoms with Crippen molar-refractivity contribution in [3.8, 4) is 17.0 Å². The van der Waals surface area contributed by atoms with Crippen LogP contribution in [0.3, 0.4) is 0 Å². The van der Waals surface area contributed by atoms with Crippen LogP contribution in [0.4, 0.5) is 13.2 Å². The molecule has 0 radical (unpaired) electrons. The Labute approximate surface area is 203 Å². The average Bonchev–Trinajstić information content (AvgIpc) is 3.33. The van der Waals surface area contributed by atoms with Crippen molar-refractivity contribution in [2.75, 3.05) is 6.61 Å². The quantitative estimate of drug-likeness (QED) is 0.286. The van der Waals surface area contributed by atoms with E-state index in [0.29, 0.717) is 33.5 Å². The van der Waals surface area contributed by atoms with Gasteiger partial charge in [-0.2, -0.15) is 13.2 Å². The highest BCUT2D eigenvalue weighted by Crippen LogP contribution is 2.42. The number of aliphatic hydroxyl groups is 1. The van der Waals surface area contributed by atoms with Crippen LogP contribution in [-0.4, -0.2) is 16.7 Å². The van der Waals surface area contributed by atoms with Crippen LogP contribution in [0.15, 0.2) is 88.0 Å². The number of thiazole rings is 1. The standard InChI is InChI=1S/C25H21F3N2O2S2/c26-25(27,28)20-11-17(22-15-33-24(30-22)21(29)13-31)9-10-23(20)34-19-8-4-7-18(12-19)32-14-16-5-2-1-3-6-16/h1-12,15,21,31H,13-14,29H2/t21-/m0/s1. The number of benzene rings is 3. The van der Waals surface area contributed by atoms with E-state index in [4.69, 9.17) is 10.5 Å². The van der Waals surface area contributed by atoms with Gasteiger partial charge in [0.2, 0.25) is 0 Å². The number of aliphatic hydroxyl groups excluding tert-OH is 1. The summed E-state index contributed by atoms with van der Waals surface area (Å²) in [6.07, 6.45) is -4.54. The second-order valence-corrected chi connectivity index (χ2v) is 9.42. The van der Waals surface area contributed by atoms with Gasteiger partial charge < -0.3 is 15.6 Å². The van der Waals surface area contributed by atoms with Gasteiger partial charge in [0.15, 0.2) is 0 Å². The van der Waals surface area contributed by atoms with Crippen LogP contribution in [0.1, 0.15) is 22.2 Å². The van der Waals surface area contributed by atoms with Crippen molar-refractivity contribution in [3.05, 3.63) is 94.3 Å². The molecule has 3 aromatic carbocycles. The Morgan fingerprint density at radius 3 is 2.56 bits per heavy atom. The third-order valence-electron chi connectivity index (χ3n) is 4.90. The lowest BCUT2D eigenvalue weighted by atomic mass is 10.1. The van der Waals surface area contributed by atoms with Crippen molar-refractivity contribution < 1.29 is 23.0 Å². The van der Waals surface area contributed by atoms with Crippen LogP contribution in [0.2, 0.25) is 0 Å². The van der Waals surface area contributed by atoms with E-state index in [-0.39, 0.29) is 11.5 Å². The second kappa shape index (κ2) is 10.6. The SMILES string of the molecule is N[C@@H](CO)c1nc(-c2ccc(Sc3cccc(OCc4ccccc4)c3)c(C(F)(F)F)c2)cs1. The first-order valence-corrected chi connectivity index (χ1v) is 12.0. The van der Waals surface area contributed by atoms with Crippen molar-refractivity contribution in [1.82, 2.24) is 4.98 Å². The lowest BCUT2D eigenvalue weighted by molar-refractivity contribution is -0.139. The summed E-state index contributed by atoms with van der Waals surface area (Å²) in [5, 5.41) is 11.3. The lowest BCUT2D eigenvalue weighted by Gasteiger charge is -2.14. The Balaban J connectivity index is 1.56. The largest absolute Gasteiger partial charge is 0.489 e. The van der Waals surface area contributed by atoms with E-state index in [1.54, 1.807) is 35.7 Å². The maximum absolute atomic E-state index is 13.9. The van der Waals surface area contributed by atoms with Gasteiger partial charge in [0.1, 0.15) is 17.4 Å². The first-order valence-electron chi connectivity index (χ1n) is 10.3. The van der Waals surface area contributed by atoms with Gasteiger partial charge in [-0.25, -0.2) is 4.98 Å². The zero-order valence-corrected chi connectivity index (χ0v) is 19.5. The van der Waals surface area contributed by atoms with E-state index < -0.39 is 17.8 Å². The summed E-state index contributed by atoms with van der Waals surface area (Å²) in [7, 11) is 0. The molecule has 0 unspecified atom stereocenters. The van der Waals surface area contributed by atoms with E-state index in [9.17, 15) is 18.3 Å². The van der Waals surface area contributed by atoms with Crippen molar-refractivity contribution >= 4 is 23.1 Å². The van der Waals surface area contributed by atoms with Crippen LogP contribution in [0.25, 0.3) is 11.3 Å². The van der Waals surface area contributed by atoms with Crippen molar-refractivity contribution in [1.29, 1.82) is 0 Å². The molecule has 0 aliphatic rings. The Morgan fingerprint density at radius 1 is 1.03 bits per heavy atom. The van der Waals surface area contributed by atoms with E-state index >= 15 is 0 Å². The van der Waals surface area contributed by atoms with Crippen LogP contribution >= 0.6 is 23.1 Å². The summed E-state index contributed by atoms with van der Waals surface area (Å²) in [5.41, 5.74) is 6.75. The van der Waals surface area contributed by atoms with E-state index in [1.165, 1.54) is 17.4 Å². The Bertz CT molecular complexity index is 1250. The molecule has 4 aromatic rings. The molecule has 0 fully saturated rings. The molecule has 4 rings (SSSR count). The van der Waals surface area contributed by atoms with Crippen LogP contribution in [-0.2, 0) is 12.8 Å². The number of alkyl halides is 3. The number of halogens is 3. The number of nitrogens with two attached hydrogens (primary N) is 1. The van der Waals surface area contributed by atoms with E-state index in [1.807, 2.05) is 30.3 Å². The molecule has 4 nitrogen and oxygen atoms in total. The van der Waals surface area contributed by atoms with Gasteiger partial charge in [-0.3, -0.25) is 0 Å². The third kappa shape index (κ3) is 5.98. The molecule has 176 valence electrons. The van der Waals surface area contributed by atoms with E-state index in [0.717, 1.165) is 23.4 Å². The molecule has 0 spiro atoms. The molecule has 0 saturated heterocycles. The summed E-state index contributed by atoms with van der Waals surface area (Å²) in [5.74, 6) is 0.578. The van der Waals surface area contributed by atoms with Crippen molar-refractivity contribution in [2.45, 2.75) is 28.6 Å². The molecule has 9 heteroatoms. The van der Waals surface area contributed by atoms with Gasteiger partial charge in [-0.1, -0.05) is 54.2 Å². The highest BCUT2D eigenvalue weighted by atomic mass is 32.2. The molecule has 0 bridgehead atoms. The minimum absolute atomic E-state index is 0.0824. The molecule has 34 heavy (non-hydrogen) atoms. The monoisotopic (exact) mass is 502 g/mol. The summed E-state index contributed by atoms with van der Waals surface area (Å²) >= 11 is 2.23. The molecule has 0 aliphatic heterocycles. The highest BCUT2D eigenvalue weighted by molar-refractivity contribution is 7.99. The Morgan fingerprint density at radius 2 is 1.82 bits per heavy atom. The predicted octanol–water partition coefficient (Wildman–Crippen LogP) is 6.55. The fourth-order valence-electron chi connectivity index (χ4n) is 3.16. The summed E-state index contributed by atoms with van der Waals surface area (Å²) in [4.78, 5) is 5.00. The molecular weight excluding hydrogens is 481 g/mol. The molecule has 0 saturated carbocycles. The number of rotatable bonds is 8. The molecule has 0 amide bonds. The van der Waals surface area contributed by atoms with Crippen molar-refractivity contribution in [3.63, 3.8) is 0 Å². The van der Waals surface area contributed by atoms with Gasteiger partial charge in [0, 0.05) is 20.7 Å². The van der Waals surface area contributed by atoms with Gasteiger partial charge in [-0.05, 0) is 35.9 Å². The minimum Gasteiger partial charge on any atom is -0.489 e. The first-order chi connectivity index (χ1) is 16.3. The number of aromatic nitrogens is 1. The fraction of sp³-hybridized carbons (Fsp3) is 0.160. The normalized spacial score (nSPS) is 12.5. The Kier molecular flexibility index (Phi) is 7.57. The predicted molar refractivity (Wildman–Crippen MR) is 128 cm³/mol. The van der Waals surface area contributed by atoms with Gasteiger partial charge in [0.25, 0.3) is 0 Å². The molecule has 1 atom stereocenters. The van der Waals surface area contributed by atoms with Crippen LogP contribution in [0, 0.1) is 0 Å². The summed E-state index contributed by atoms with van der Waals surface area (Å²) in [6, 6.07) is 20.1. The first kappa shape index (κ1) is 24.3. The summed E-state index contributed by atoms with van der Waals surface area (Å²) < 4.78 is 47.5. The van der Waals surface area contributed by atoms with Gasteiger partial charge in [-0.15, -0.1) is 11.3 Å². The zero-order chi connectivity index (χ0) is 24.1. The average molecular weight is 503 g/mol. The maximum atomic E-state index is 13.9. The molecule has 3 N–H and O–H groups in total. The maximum Gasteiger partial charge on any atom is 0.417 e. The lowest BCUT2D eigenvalue weighted by Crippen LogP contribution is -2.13. The molecular formula is C25H21F3N2O2S2. The van der Waals surface area contributed by atoms with Gasteiger partial charge >= 0.3 is 6.18 Å². The fourth-order valence-corrected chi connectivity index (χ4v) is 4.98. The van der Waals surface area contributed by atoms with Crippen LogP contribution < -0.4 is 10.5 Å². The van der Waals surface area contributed by atoms with Crippen LogP contribution in [0.5, 0.6) is 5.75 Å². The smallest absolute Gasteiger partial charge is 0.417 e. The zero-order valence-electron chi connectivity index (χ0n) is 17.8. The second-order valence-electron chi connectivity index (χ2n) is 7.42. The Hall–Kier alpha value is -2.85. The van der Waals surface area contributed by atoms with Crippen molar-refractivity contribution in [2.24, 2.45) is 5.73 Å². The topological polar surface area (TPSA) is 68.4 Å². The summed E-state index contributed by atoms with van der Waals surface area (Å²) in [6.45, 7) is 0.0808. The molecule has 0 aliphatic carbocycles. The number of ether oxygens (including phenoxy) is 1. The number of hydrogen-bond acceptors (Lipinski definition) is 6. The number of nitrogens with zero attached hydrogens (tertiary/aromatic N) is 1. The molecule has 1 aromatic heterocycles. The minimum atomic E-state index is -4.54.